The molecule has 0 aromatic heterocycles. The second-order valence-electron chi connectivity index (χ2n) is 12.5. The fraction of sp³-hybridized carbons (Fsp3) is 0.655. The first-order valence-corrected chi connectivity index (χ1v) is 14.0. The highest BCUT2D eigenvalue weighted by molar-refractivity contribution is 6.65. The molecule has 3 aliphatic carbocycles. The molecule has 9 heteroatoms. The van der Waals surface area contributed by atoms with Gasteiger partial charge in [0.1, 0.15) is 17.6 Å². The monoisotopic (exact) mass is 544 g/mol. The number of Topliss-reactive ketones (excluding diaryl/α,β-unsaturated/α-hetero) is 1. The minimum absolute atomic E-state index is 0.0879. The molecule has 1 aliphatic heterocycles. The number of aliphatic hydroxyl groups excluding tert-OH is 1. The molecular formula is C29H38BClO7. The van der Waals surface area contributed by atoms with Gasteiger partial charge in [-0.3, -0.25) is 4.79 Å². The molecule has 0 unspecified atom stereocenters. The van der Waals surface area contributed by atoms with Crippen molar-refractivity contribution in [2.45, 2.75) is 78.6 Å². The average Bonchev–Trinajstić information content (AvgIpc) is 3.45. The Hall–Kier alpha value is -1.87. The Labute approximate surface area is 230 Å². The summed E-state index contributed by atoms with van der Waals surface area (Å²) >= 11 is 6.44. The molecule has 1 aromatic rings. The van der Waals surface area contributed by atoms with Gasteiger partial charge in [0, 0.05) is 28.6 Å². The van der Waals surface area contributed by atoms with E-state index in [-0.39, 0.29) is 52.9 Å². The van der Waals surface area contributed by atoms with Gasteiger partial charge < -0.3 is 24.3 Å². The van der Waals surface area contributed by atoms with E-state index in [2.05, 4.69) is 27.4 Å². The zero-order valence-corrected chi connectivity index (χ0v) is 23.4. The molecule has 0 saturated heterocycles. The van der Waals surface area contributed by atoms with E-state index < -0.39 is 36.1 Å². The number of benzene rings is 1. The fourth-order valence-electron chi connectivity index (χ4n) is 8.20. The first kappa shape index (κ1) is 27.7. The Morgan fingerprint density at radius 1 is 1.32 bits per heavy atom. The first-order chi connectivity index (χ1) is 17.9. The lowest BCUT2D eigenvalue weighted by Crippen LogP contribution is -2.63. The van der Waals surface area contributed by atoms with Crippen molar-refractivity contribution < 1.29 is 33.8 Å². The summed E-state index contributed by atoms with van der Waals surface area (Å²) in [6.45, 7) is 12.2. The molecule has 3 fully saturated rings. The van der Waals surface area contributed by atoms with Crippen molar-refractivity contribution >= 4 is 35.9 Å². The van der Waals surface area contributed by atoms with Crippen LogP contribution in [0.15, 0.2) is 24.8 Å². The van der Waals surface area contributed by atoms with Gasteiger partial charge in [0.2, 0.25) is 0 Å². The standard InChI is InChI=1S/C29H38BClO7/c1-6-27(4)13-21(38-22(33)15-36-20-8-7-18-14-37-30(35)23(18)24(20)31)28(5)16(2)9-11-29(17(3)26(27)34)12-10-19(32)25(28)29/h6-8,16-17,21,25-26,34-35H,1,9-15H2,2-5H3/t16-,17-,21+,25-,26-,27+,28-,29-/m0/s1. The fourth-order valence-corrected chi connectivity index (χ4v) is 8.53. The topological polar surface area (TPSA) is 102 Å². The highest BCUT2D eigenvalue weighted by Gasteiger charge is 2.68. The predicted molar refractivity (Wildman–Crippen MR) is 144 cm³/mol. The number of fused-ring (bicyclic) bond motifs is 1. The van der Waals surface area contributed by atoms with Gasteiger partial charge >= 0.3 is 13.1 Å². The number of carbonyl (C=O) groups is 2. The second-order valence-corrected chi connectivity index (χ2v) is 12.8. The van der Waals surface area contributed by atoms with Crippen molar-refractivity contribution in [1.29, 1.82) is 0 Å². The molecule has 206 valence electrons. The van der Waals surface area contributed by atoms with Crippen LogP contribution in [0.25, 0.3) is 0 Å². The van der Waals surface area contributed by atoms with Gasteiger partial charge in [-0.25, -0.2) is 4.79 Å². The van der Waals surface area contributed by atoms with Gasteiger partial charge in [-0.2, -0.15) is 0 Å². The number of esters is 1. The molecule has 4 aliphatic rings. The van der Waals surface area contributed by atoms with Crippen LogP contribution in [-0.2, 0) is 25.6 Å². The van der Waals surface area contributed by atoms with Crippen LogP contribution in [0.5, 0.6) is 5.75 Å². The lowest BCUT2D eigenvalue weighted by molar-refractivity contribution is -0.207. The van der Waals surface area contributed by atoms with Crippen LogP contribution in [-0.4, -0.2) is 47.8 Å². The number of halogens is 1. The Morgan fingerprint density at radius 3 is 2.76 bits per heavy atom. The summed E-state index contributed by atoms with van der Waals surface area (Å²) in [5, 5.41) is 21.9. The molecule has 1 aromatic carbocycles. The molecule has 0 spiro atoms. The number of ketones is 1. The highest BCUT2D eigenvalue weighted by atomic mass is 35.5. The molecule has 1 heterocycles. The normalized spacial score (nSPS) is 40.1. The molecule has 3 saturated carbocycles. The van der Waals surface area contributed by atoms with E-state index in [1.807, 2.05) is 6.92 Å². The van der Waals surface area contributed by atoms with E-state index in [0.717, 1.165) is 24.8 Å². The van der Waals surface area contributed by atoms with E-state index in [9.17, 15) is 19.7 Å². The molecule has 2 bridgehead atoms. The lowest BCUT2D eigenvalue weighted by atomic mass is 9.44. The Bertz CT molecular complexity index is 1160. The van der Waals surface area contributed by atoms with Crippen molar-refractivity contribution in [3.63, 3.8) is 0 Å². The summed E-state index contributed by atoms with van der Waals surface area (Å²) in [6.07, 6.45) is 3.83. The van der Waals surface area contributed by atoms with Crippen LogP contribution in [0.3, 0.4) is 0 Å². The van der Waals surface area contributed by atoms with Crippen molar-refractivity contribution in [1.82, 2.24) is 0 Å². The minimum atomic E-state index is -1.13. The number of ether oxygens (including phenoxy) is 2. The largest absolute Gasteiger partial charge is 0.493 e. The highest BCUT2D eigenvalue weighted by Crippen LogP contribution is 2.68. The van der Waals surface area contributed by atoms with Crippen LogP contribution in [0.4, 0.5) is 0 Å². The second kappa shape index (κ2) is 9.65. The maximum atomic E-state index is 13.5. The molecule has 5 rings (SSSR count). The van der Waals surface area contributed by atoms with Gasteiger partial charge in [0.25, 0.3) is 0 Å². The molecule has 8 atom stereocenters. The van der Waals surface area contributed by atoms with Crippen molar-refractivity contribution in [3.05, 3.63) is 35.4 Å². The van der Waals surface area contributed by atoms with Crippen LogP contribution in [0.2, 0.25) is 5.02 Å². The Kier molecular flexibility index (Phi) is 7.03. The quantitative estimate of drug-likeness (QED) is 0.330. The summed E-state index contributed by atoms with van der Waals surface area (Å²) in [7, 11) is -1.13. The van der Waals surface area contributed by atoms with Gasteiger partial charge in [-0.1, -0.05) is 51.4 Å². The summed E-state index contributed by atoms with van der Waals surface area (Å²) in [6, 6.07) is 3.40. The molecule has 7 nitrogen and oxygen atoms in total. The van der Waals surface area contributed by atoms with Gasteiger partial charge in [0.15, 0.2) is 6.61 Å². The summed E-state index contributed by atoms with van der Waals surface area (Å²) in [5.74, 6) is -0.340. The maximum Gasteiger partial charge on any atom is 0.493 e. The zero-order valence-electron chi connectivity index (χ0n) is 22.7. The third kappa shape index (κ3) is 3.97. The van der Waals surface area contributed by atoms with Crippen LogP contribution in [0, 0.1) is 34.0 Å². The molecule has 0 radical (unpaired) electrons. The van der Waals surface area contributed by atoms with E-state index in [4.69, 9.17) is 25.7 Å². The van der Waals surface area contributed by atoms with Crippen LogP contribution < -0.4 is 10.2 Å². The number of hydrogen-bond acceptors (Lipinski definition) is 7. The van der Waals surface area contributed by atoms with Crippen LogP contribution in [0.1, 0.15) is 65.4 Å². The molecular weight excluding hydrogens is 507 g/mol. The summed E-state index contributed by atoms with van der Waals surface area (Å²) < 4.78 is 17.2. The third-order valence-electron chi connectivity index (χ3n) is 10.8. The smallest absolute Gasteiger partial charge is 0.480 e. The summed E-state index contributed by atoms with van der Waals surface area (Å²) in [4.78, 5) is 26.8. The predicted octanol–water partition coefficient (Wildman–Crippen LogP) is 3.84. The van der Waals surface area contributed by atoms with Gasteiger partial charge in [-0.05, 0) is 54.6 Å². The van der Waals surface area contributed by atoms with E-state index in [1.165, 1.54) is 0 Å². The summed E-state index contributed by atoms with van der Waals surface area (Å²) in [5.41, 5.74) is -0.404. The SMILES string of the molecule is C=C[C@]1(C)C[C@@H](OC(=O)COc2ccc3c(c2Cl)B(O)OC3)[C@@]2(C)[C@@H]3C(=O)CC[C@@]3(CC[C@@H]2C)[C@@H](C)[C@@H]1O. The Morgan fingerprint density at radius 2 is 2.05 bits per heavy atom. The van der Waals surface area contributed by atoms with Crippen molar-refractivity contribution in [3.8, 4) is 5.75 Å². The number of hydrogen-bond donors (Lipinski definition) is 2. The maximum absolute atomic E-state index is 13.5. The molecule has 2 N–H and O–H groups in total. The van der Waals surface area contributed by atoms with Crippen LogP contribution >= 0.6 is 11.6 Å². The van der Waals surface area contributed by atoms with E-state index in [1.54, 1.807) is 18.2 Å². The molecule has 0 amide bonds. The minimum Gasteiger partial charge on any atom is -0.480 e. The van der Waals surface area contributed by atoms with Gasteiger partial charge in [-0.15, -0.1) is 6.58 Å². The number of carbonyl (C=O) groups excluding carboxylic acids is 2. The Balaban J connectivity index is 1.44. The average molecular weight is 545 g/mol. The van der Waals surface area contributed by atoms with Crippen molar-refractivity contribution in [2.75, 3.05) is 6.61 Å². The number of rotatable bonds is 5. The van der Waals surface area contributed by atoms with E-state index >= 15 is 0 Å². The van der Waals surface area contributed by atoms with Gasteiger partial charge in [0.05, 0.1) is 17.7 Å². The van der Waals surface area contributed by atoms with Crippen molar-refractivity contribution in [2.24, 2.45) is 34.0 Å². The zero-order chi connectivity index (χ0) is 27.6. The molecule has 38 heavy (non-hydrogen) atoms. The van der Waals surface area contributed by atoms with E-state index in [0.29, 0.717) is 18.3 Å². The first-order valence-electron chi connectivity index (χ1n) is 13.7. The third-order valence-corrected chi connectivity index (χ3v) is 11.2. The number of aliphatic hydroxyl groups is 1. The lowest BCUT2D eigenvalue weighted by Gasteiger charge is -2.61.